The normalized spacial score (nSPS) is 44.9. The Kier molecular flexibility index (Phi) is 7.12. The number of rotatable bonds is 5. The first-order valence-electron chi connectivity index (χ1n) is 15.5. The van der Waals surface area contributed by atoms with Crippen molar-refractivity contribution in [3.05, 3.63) is 34.4 Å². The number of nitrogens with one attached hydrogen (secondary N) is 2. The minimum Gasteiger partial charge on any atom is -0.431 e. The van der Waals surface area contributed by atoms with E-state index in [9.17, 15) is 24.9 Å². The van der Waals surface area contributed by atoms with Crippen LogP contribution in [0.5, 0.6) is 0 Å². The average molecular weight is 558 g/mol. The van der Waals surface area contributed by atoms with Crippen LogP contribution >= 0.6 is 0 Å². The maximum Gasteiger partial charge on any atom is 0.335 e. The van der Waals surface area contributed by atoms with Crippen molar-refractivity contribution in [1.82, 2.24) is 15.5 Å². The number of aliphatic hydroxyl groups is 3. The minimum atomic E-state index is -0.874. The molecule has 1 aromatic rings. The van der Waals surface area contributed by atoms with E-state index >= 15 is 0 Å². The van der Waals surface area contributed by atoms with E-state index in [2.05, 4.69) is 29.4 Å². The van der Waals surface area contributed by atoms with Gasteiger partial charge in [-0.05, 0) is 99.0 Å². The number of carbonyl (C=O) groups is 1. The third-order valence-electron chi connectivity index (χ3n) is 12.4. The van der Waals surface area contributed by atoms with Crippen LogP contribution in [0.1, 0.15) is 89.5 Å². The number of urea groups is 1. The second-order valence-electron chi connectivity index (χ2n) is 14.1. The number of likely N-dealkylation sites (tertiary alicyclic amines) is 1. The van der Waals surface area contributed by atoms with Crippen molar-refractivity contribution in [3.63, 3.8) is 0 Å². The fraction of sp³-hybridized carbons (Fsp3) is 0.806. The molecule has 5 N–H and O–H groups in total. The monoisotopic (exact) mass is 557 g/mol. The van der Waals surface area contributed by atoms with E-state index in [1.165, 1.54) is 6.07 Å². The predicted molar refractivity (Wildman–Crippen MR) is 150 cm³/mol. The quantitative estimate of drug-likeness (QED) is 0.376. The number of fused-ring (bicyclic) bond motifs is 5. The molecule has 2 heterocycles. The molecule has 5 fully saturated rings. The molecule has 0 radical (unpaired) electrons. The van der Waals surface area contributed by atoms with Crippen LogP contribution < -0.4 is 16.3 Å². The Balaban J connectivity index is 1.11. The molecule has 0 bridgehead atoms. The van der Waals surface area contributed by atoms with Crippen LogP contribution in [0.15, 0.2) is 27.6 Å². The lowest BCUT2D eigenvalue weighted by molar-refractivity contribution is -0.247. The zero-order chi connectivity index (χ0) is 28.3. The van der Waals surface area contributed by atoms with E-state index in [-0.39, 0.29) is 52.4 Å². The zero-order valence-electron chi connectivity index (χ0n) is 24.0. The fourth-order valence-electron chi connectivity index (χ4n) is 10.0. The molecule has 0 spiro atoms. The Bertz CT molecular complexity index is 1160. The first kappa shape index (κ1) is 28.2. The van der Waals surface area contributed by atoms with Crippen LogP contribution in [0.4, 0.5) is 4.79 Å². The van der Waals surface area contributed by atoms with Gasteiger partial charge < -0.3 is 30.4 Å². The lowest BCUT2D eigenvalue weighted by Gasteiger charge is -2.66. The number of amides is 2. The average Bonchev–Trinajstić information content (AvgIpc) is 3.45. The van der Waals surface area contributed by atoms with Crippen LogP contribution in [0.25, 0.3) is 0 Å². The highest BCUT2D eigenvalue weighted by atomic mass is 16.4. The van der Waals surface area contributed by atoms with Crippen molar-refractivity contribution < 1.29 is 24.5 Å². The lowest BCUT2D eigenvalue weighted by Crippen LogP contribution is -2.68. The smallest absolute Gasteiger partial charge is 0.335 e. The largest absolute Gasteiger partial charge is 0.431 e. The summed E-state index contributed by atoms with van der Waals surface area (Å²) in [6, 6.07) is 3.07. The summed E-state index contributed by atoms with van der Waals surface area (Å²) in [4.78, 5) is 26.4. The van der Waals surface area contributed by atoms with Crippen molar-refractivity contribution in [2.75, 3.05) is 26.2 Å². The number of hydrogen-bond donors (Lipinski definition) is 5. The summed E-state index contributed by atoms with van der Waals surface area (Å²) < 4.78 is 5.21. The molecule has 1 aromatic heterocycles. The molecule has 9 nitrogen and oxygen atoms in total. The number of aliphatic hydroxyl groups excluding tert-OH is 1. The van der Waals surface area contributed by atoms with Gasteiger partial charge in [0.05, 0.1) is 23.6 Å². The van der Waals surface area contributed by atoms with Gasteiger partial charge in [0.25, 0.3) is 0 Å². The van der Waals surface area contributed by atoms with Gasteiger partial charge in [-0.1, -0.05) is 13.8 Å². The fourth-order valence-corrected chi connectivity index (χ4v) is 10.0. The van der Waals surface area contributed by atoms with E-state index < -0.39 is 11.2 Å². The lowest BCUT2D eigenvalue weighted by atomic mass is 9.42. The first-order chi connectivity index (χ1) is 19.0. The third-order valence-corrected chi connectivity index (χ3v) is 12.4. The summed E-state index contributed by atoms with van der Waals surface area (Å²) in [7, 11) is 0. The molecule has 222 valence electrons. The van der Waals surface area contributed by atoms with E-state index in [0.717, 1.165) is 70.0 Å². The summed E-state index contributed by atoms with van der Waals surface area (Å²) in [6.07, 6.45) is 9.12. The highest BCUT2D eigenvalue weighted by Gasteiger charge is 2.70. The van der Waals surface area contributed by atoms with Crippen molar-refractivity contribution in [2.45, 2.75) is 107 Å². The highest BCUT2D eigenvalue weighted by molar-refractivity contribution is 5.74. The molecule has 0 aromatic carbocycles. The molecule has 4 aliphatic carbocycles. The van der Waals surface area contributed by atoms with Gasteiger partial charge in [-0.15, -0.1) is 0 Å². The summed E-state index contributed by atoms with van der Waals surface area (Å²) >= 11 is 0. The number of nitrogens with zero attached hydrogens (tertiary/aromatic N) is 1. The Morgan fingerprint density at radius 1 is 1.02 bits per heavy atom. The molecule has 9 atom stereocenters. The maximum absolute atomic E-state index is 12.7. The van der Waals surface area contributed by atoms with Gasteiger partial charge in [-0.3, -0.25) is 4.90 Å². The van der Waals surface area contributed by atoms with E-state index in [1.54, 1.807) is 6.26 Å². The van der Waals surface area contributed by atoms with Crippen LogP contribution in [0.2, 0.25) is 0 Å². The van der Waals surface area contributed by atoms with Gasteiger partial charge in [0, 0.05) is 43.7 Å². The molecule has 6 rings (SSSR count). The van der Waals surface area contributed by atoms with Gasteiger partial charge in [0.15, 0.2) is 0 Å². The van der Waals surface area contributed by atoms with Crippen LogP contribution in [0.3, 0.4) is 0 Å². The molecule has 4 saturated carbocycles. The Morgan fingerprint density at radius 3 is 2.52 bits per heavy atom. The molecule has 9 heteroatoms. The van der Waals surface area contributed by atoms with E-state index in [1.807, 2.05) is 6.07 Å². The third kappa shape index (κ3) is 4.43. The maximum atomic E-state index is 12.7. The highest BCUT2D eigenvalue weighted by Crippen LogP contribution is 2.71. The SMILES string of the molecule is C[C@]12CC[C@H](NC(=O)NCCN3CC[C@H](O)C3)C[C@@]1(O)CC[C@@H]1[C@@H]2CC[C@]2(C)[C@@H](c3ccc(=O)oc3)CC[C@]12O. The summed E-state index contributed by atoms with van der Waals surface area (Å²) in [5.41, 5.74) is -1.66. The van der Waals surface area contributed by atoms with Gasteiger partial charge in [0.2, 0.25) is 0 Å². The predicted octanol–water partition coefficient (Wildman–Crippen LogP) is 2.73. The number of carbonyl (C=O) groups excluding carboxylic acids is 1. The Hall–Kier alpha value is -1.94. The van der Waals surface area contributed by atoms with E-state index in [0.29, 0.717) is 25.9 Å². The Labute approximate surface area is 236 Å². The van der Waals surface area contributed by atoms with Crippen LogP contribution in [-0.4, -0.2) is 75.8 Å². The molecular formula is C31H47N3O6. The number of β-amino-alcohol motifs (C(OH)–C–C–N with tert-alkyl or cyclic N) is 1. The first-order valence-corrected chi connectivity index (χ1v) is 15.5. The van der Waals surface area contributed by atoms with Crippen molar-refractivity contribution in [2.24, 2.45) is 22.7 Å². The Morgan fingerprint density at radius 2 is 1.80 bits per heavy atom. The summed E-state index contributed by atoms with van der Waals surface area (Å²) in [6.45, 7) is 7.24. The zero-order valence-corrected chi connectivity index (χ0v) is 24.0. The molecule has 1 aliphatic heterocycles. The molecule has 40 heavy (non-hydrogen) atoms. The number of hydrogen-bond acceptors (Lipinski definition) is 7. The topological polar surface area (TPSA) is 135 Å². The summed E-state index contributed by atoms with van der Waals surface area (Å²) in [5, 5.41) is 40.3. The van der Waals surface area contributed by atoms with Crippen LogP contribution in [0, 0.1) is 22.7 Å². The molecule has 2 amide bonds. The van der Waals surface area contributed by atoms with Gasteiger partial charge in [-0.25, -0.2) is 9.59 Å². The second-order valence-corrected chi connectivity index (χ2v) is 14.1. The van der Waals surface area contributed by atoms with Crippen molar-refractivity contribution in [1.29, 1.82) is 0 Å². The molecule has 1 saturated heterocycles. The molecule has 5 aliphatic rings. The van der Waals surface area contributed by atoms with E-state index in [4.69, 9.17) is 4.42 Å². The van der Waals surface area contributed by atoms with Gasteiger partial charge in [-0.2, -0.15) is 0 Å². The van der Waals surface area contributed by atoms with Crippen LogP contribution in [-0.2, 0) is 0 Å². The molecular weight excluding hydrogens is 510 g/mol. The minimum absolute atomic E-state index is 0.0798. The van der Waals surface area contributed by atoms with Crippen molar-refractivity contribution >= 4 is 6.03 Å². The summed E-state index contributed by atoms with van der Waals surface area (Å²) in [5.74, 6) is 0.488. The van der Waals surface area contributed by atoms with Gasteiger partial charge in [0.1, 0.15) is 0 Å². The van der Waals surface area contributed by atoms with Gasteiger partial charge >= 0.3 is 11.7 Å². The second kappa shape index (κ2) is 10.1. The van der Waals surface area contributed by atoms with Crippen molar-refractivity contribution in [3.8, 4) is 0 Å². The standard InChI is InChI=1S/C31H47N3O6/c1-28-10-5-21(33-27(37)32-14-16-34-15-9-22(35)18-34)17-30(28,38)12-7-25-24(28)6-11-29(2)23(8-13-31(25,29)39)20-3-4-26(36)40-19-20/h3-4,19,21-25,35,38-39H,5-18H2,1-2H3,(H2,32,33,37)/t21-,22-,23+,24-,25+,28+,29+,30-,31-/m0/s1. The molecule has 0 unspecified atom stereocenters.